The zero-order valence-corrected chi connectivity index (χ0v) is 11.9. The van der Waals surface area contributed by atoms with Crippen LogP contribution in [0.4, 0.5) is 5.82 Å². The molecule has 0 aliphatic carbocycles. The third-order valence-electron chi connectivity index (χ3n) is 3.62. The zero-order chi connectivity index (χ0) is 13.4. The van der Waals surface area contributed by atoms with E-state index in [1.54, 1.807) is 0 Å². The number of hydrogen-bond acceptors (Lipinski definition) is 3. The molecule has 1 aromatic rings. The molecule has 3 nitrogen and oxygen atoms in total. The van der Waals surface area contributed by atoms with Crippen LogP contribution in [0.3, 0.4) is 0 Å². The highest BCUT2D eigenvalue weighted by Gasteiger charge is 2.40. The molecule has 0 aromatic carbocycles. The second kappa shape index (κ2) is 4.54. The fourth-order valence-electron chi connectivity index (χ4n) is 2.47. The summed E-state index contributed by atoms with van der Waals surface area (Å²) in [5.74, 6) is 0.976. The van der Waals surface area contributed by atoms with Gasteiger partial charge in [0.15, 0.2) is 0 Å². The van der Waals surface area contributed by atoms with Gasteiger partial charge in [0.25, 0.3) is 0 Å². The lowest BCUT2D eigenvalue weighted by Gasteiger charge is -2.47. The Kier molecular flexibility index (Phi) is 3.37. The van der Waals surface area contributed by atoms with Gasteiger partial charge in [-0.15, -0.1) is 0 Å². The predicted octanol–water partition coefficient (Wildman–Crippen LogP) is 2.73. The molecule has 18 heavy (non-hydrogen) atoms. The minimum atomic E-state index is -0.487. The van der Waals surface area contributed by atoms with Crippen LogP contribution in [0.25, 0.3) is 0 Å². The predicted molar refractivity (Wildman–Crippen MR) is 75.0 cm³/mol. The highest BCUT2D eigenvalue weighted by atomic mass is 16.3. The Morgan fingerprint density at radius 1 is 1.33 bits per heavy atom. The fraction of sp³-hybridized carbons (Fsp3) is 0.667. The van der Waals surface area contributed by atoms with Gasteiger partial charge in [-0.1, -0.05) is 40.2 Å². The van der Waals surface area contributed by atoms with E-state index >= 15 is 0 Å². The molecule has 0 unspecified atom stereocenters. The van der Waals surface area contributed by atoms with Crippen molar-refractivity contribution in [2.75, 3.05) is 18.0 Å². The van der Waals surface area contributed by atoms with Crippen molar-refractivity contribution in [2.45, 2.75) is 51.6 Å². The monoisotopic (exact) mass is 248 g/mol. The molecule has 0 spiro atoms. The molecule has 1 N–H and O–H groups in total. The van der Waals surface area contributed by atoms with E-state index in [1.165, 1.54) is 5.56 Å². The summed E-state index contributed by atoms with van der Waals surface area (Å²) >= 11 is 0. The van der Waals surface area contributed by atoms with E-state index in [0.29, 0.717) is 13.1 Å². The van der Waals surface area contributed by atoms with Crippen LogP contribution in [0.1, 0.15) is 46.1 Å². The van der Waals surface area contributed by atoms with Gasteiger partial charge in [-0.25, -0.2) is 4.98 Å². The summed E-state index contributed by atoms with van der Waals surface area (Å²) in [6.45, 7) is 10.1. The molecule has 1 aliphatic rings. The van der Waals surface area contributed by atoms with E-state index in [2.05, 4.69) is 49.7 Å². The van der Waals surface area contributed by atoms with Gasteiger partial charge in [-0.2, -0.15) is 0 Å². The largest absolute Gasteiger partial charge is 0.386 e. The summed E-state index contributed by atoms with van der Waals surface area (Å²) in [5, 5.41) is 10.2. The van der Waals surface area contributed by atoms with Gasteiger partial charge < -0.3 is 10.0 Å². The molecule has 1 aromatic heterocycles. The number of hydrogen-bond donors (Lipinski definition) is 1. The van der Waals surface area contributed by atoms with E-state index in [0.717, 1.165) is 18.7 Å². The molecule has 1 fully saturated rings. The molecule has 2 heterocycles. The maximum atomic E-state index is 10.2. The molecule has 100 valence electrons. The van der Waals surface area contributed by atoms with E-state index in [-0.39, 0.29) is 5.41 Å². The van der Waals surface area contributed by atoms with Crippen molar-refractivity contribution in [1.82, 2.24) is 4.98 Å². The lowest BCUT2D eigenvalue weighted by Crippen LogP contribution is -2.62. The van der Waals surface area contributed by atoms with Crippen molar-refractivity contribution < 1.29 is 5.11 Å². The standard InChI is InChI=1S/C15H24N2O/c1-5-8-15(18)10-17(11-15)13-7-6-12(9-16-13)14(2,3)4/h6-7,9,18H,5,8,10-11H2,1-4H3. The van der Waals surface area contributed by atoms with Crippen LogP contribution in [0, 0.1) is 0 Å². The first-order valence-electron chi connectivity index (χ1n) is 6.78. The number of rotatable bonds is 3. The second-order valence-corrected chi connectivity index (χ2v) is 6.49. The third kappa shape index (κ3) is 2.66. The number of nitrogens with zero attached hydrogens (tertiary/aromatic N) is 2. The van der Waals surface area contributed by atoms with Gasteiger partial charge in [-0.05, 0) is 23.5 Å². The molecule has 0 saturated carbocycles. The van der Waals surface area contributed by atoms with Crippen LogP contribution in [0.2, 0.25) is 0 Å². The SMILES string of the molecule is CCCC1(O)CN(c2ccc(C(C)(C)C)cn2)C1. The van der Waals surface area contributed by atoms with Crippen LogP contribution in [-0.4, -0.2) is 28.8 Å². The quantitative estimate of drug-likeness (QED) is 0.893. The Labute approximate surface area is 110 Å². The highest BCUT2D eigenvalue weighted by molar-refractivity contribution is 5.45. The van der Waals surface area contributed by atoms with Crippen molar-refractivity contribution in [1.29, 1.82) is 0 Å². The number of aliphatic hydroxyl groups is 1. The molecular weight excluding hydrogens is 224 g/mol. The highest BCUT2D eigenvalue weighted by Crippen LogP contribution is 2.30. The lowest BCUT2D eigenvalue weighted by molar-refractivity contribution is 0.00294. The summed E-state index contributed by atoms with van der Waals surface area (Å²) < 4.78 is 0. The maximum absolute atomic E-state index is 10.2. The van der Waals surface area contributed by atoms with E-state index in [1.807, 2.05) is 6.20 Å². The van der Waals surface area contributed by atoms with Crippen molar-refractivity contribution in [3.8, 4) is 0 Å². The van der Waals surface area contributed by atoms with E-state index in [9.17, 15) is 5.11 Å². The van der Waals surface area contributed by atoms with E-state index in [4.69, 9.17) is 0 Å². The third-order valence-corrected chi connectivity index (χ3v) is 3.62. The second-order valence-electron chi connectivity index (χ2n) is 6.49. The summed E-state index contributed by atoms with van der Waals surface area (Å²) in [4.78, 5) is 6.65. The number of aromatic nitrogens is 1. The average molecular weight is 248 g/mol. The molecule has 0 radical (unpaired) electrons. The first-order valence-corrected chi connectivity index (χ1v) is 6.78. The van der Waals surface area contributed by atoms with Crippen molar-refractivity contribution in [3.05, 3.63) is 23.9 Å². The van der Waals surface area contributed by atoms with Gasteiger partial charge in [0.1, 0.15) is 5.82 Å². The summed E-state index contributed by atoms with van der Waals surface area (Å²) in [6.07, 6.45) is 3.86. The van der Waals surface area contributed by atoms with Gasteiger partial charge in [0, 0.05) is 19.3 Å². The Bertz CT molecular complexity index is 399. The Morgan fingerprint density at radius 3 is 2.44 bits per heavy atom. The molecule has 3 heteroatoms. The number of anilines is 1. The van der Waals surface area contributed by atoms with Crippen LogP contribution in [0.15, 0.2) is 18.3 Å². The Balaban J connectivity index is 2.01. The fourth-order valence-corrected chi connectivity index (χ4v) is 2.47. The molecule has 0 atom stereocenters. The summed E-state index contributed by atoms with van der Waals surface area (Å²) in [7, 11) is 0. The first kappa shape index (κ1) is 13.3. The average Bonchev–Trinajstić information content (AvgIpc) is 2.25. The lowest BCUT2D eigenvalue weighted by atomic mass is 9.87. The van der Waals surface area contributed by atoms with Crippen LogP contribution in [0.5, 0.6) is 0 Å². The van der Waals surface area contributed by atoms with Gasteiger partial charge >= 0.3 is 0 Å². The first-order chi connectivity index (χ1) is 8.34. The number of β-amino-alcohol motifs (C(OH)–C–C–N with tert-alkyl or cyclic N) is 1. The van der Waals surface area contributed by atoms with Gasteiger partial charge in [-0.3, -0.25) is 0 Å². The molecule has 0 amide bonds. The minimum Gasteiger partial charge on any atom is -0.386 e. The topological polar surface area (TPSA) is 36.4 Å². The van der Waals surface area contributed by atoms with Crippen molar-refractivity contribution in [2.24, 2.45) is 0 Å². The minimum absolute atomic E-state index is 0.142. The Hall–Kier alpha value is -1.09. The van der Waals surface area contributed by atoms with Crippen LogP contribution in [-0.2, 0) is 5.41 Å². The Morgan fingerprint density at radius 2 is 2.00 bits per heavy atom. The summed E-state index contributed by atoms with van der Waals surface area (Å²) in [6, 6.07) is 4.20. The normalized spacial score (nSPS) is 18.6. The smallest absolute Gasteiger partial charge is 0.128 e. The molecule has 1 saturated heterocycles. The molecular formula is C15H24N2O. The van der Waals surface area contributed by atoms with Gasteiger partial charge in [0.05, 0.1) is 5.60 Å². The van der Waals surface area contributed by atoms with Gasteiger partial charge in [0.2, 0.25) is 0 Å². The van der Waals surface area contributed by atoms with Crippen molar-refractivity contribution >= 4 is 5.82 Å². The molecule has 2 rings (SSSR count). The summed E-state index contributed by atoms with van der Waals surface area (Å²) in [5.41, 5.74) is 0.901. The number of pyridine rings is 1. The maximum Gasteiger partial charge on any atom is 0.128 e. The molecule has 1 aliphatic heterocycles. The zero-order valence-electron chi connectivity index (χ0n) is 11.9. The van der Waals surface area contributed by atoms with Crippen molar-refractivity contribution in [3.63, 3.8) is 0 Å². The van der Waals surface area contributed by atoms with Crippen LogP contribution < -0.4 is 4.90 Å². The van der Waals surface area contributed by atoms with Crippen LogP contribution >= 0.6 is 0 Å². The molecule has 0 bridgehead atoms. The van der Waals surface area contributed by atoms with E-state index < -0.39 is 5.60 Å².